The molecule has 1 aliphatic rings. The van der Waals surface area contributed by atoms with E-state index in [-0.39, 0.29) is 0 Å². The minimum Gasteiger partial charge on any atom is -0.377 e. The molecule has 0 saturated carbocycles. The third-order valence-corrected chi connectivity index (χ3v) is 2.20. The number of hydrogen-bond acceptors (Lipinski definition) is 4. The Kier molecular flexibility index (Phi) is 6.10. The molecule has 4 heteroatoms. The zero-order valence-corrected chi connectivity index (χ0v) is 8.22. The van der Waals surface area contributed by atoms with Crippen molar-refractivity contribution in [3.8, 4) is 0 Å². The highest BCUT2D eigenvalue weighted by molar-refractivity contribution is 4.67. The first-order chi connectivity index (χ1) is 6.43. The second-order valence-corrected chi connectivity index (χ2v) is 3.38. The van der Waals surface area contributed by atoms with Crippen molar-refractivity contribution in [2.45, 2.75) is 18.9 Å². The molecule has 1 unspecified atom stereocenters. The van der Waals surface area contributed by atoms with Gasteiger partial charge in [0.05, 0.1) is 6.10 Å². The lowest BCUT2D eigenvalue weighted by Gasteiger charge is -2.10. The summed E-state index contributed by atoms with van der Waals surface area (Å²) >= 11 is 0. The average Bonchev–Trinajstić information content (AvgIpc) is 2.63. The van der Waals surface area contributed by atoms with Crippen LogP contribution in [0, 0.1) is 0 Å². The second kappa shape index (κ2) is 7.26. The fourth-order valence-corrected chi connectivity index (χ4v) is 1.47. The predicted octanol–water partition coefficient (Wildman–Crippen LogP) is -0.697. The smallest absolute Gasteiger partial charge is 0.0700 e. The van der Waals surface area contributed by atoms with Crippen molar-refractivity contribution in [3.05, 3.63) is 0 Å². The van der Waals surface area contributed by atoms with Crippen molar-refractivity contribution < 1.29 is 4.74 Å². The molecule has 13 heavy (non-hydrogen) atoms. The highest BCUT2D eigenvalue weighted by Gasteiger charge is 2.13. The molecule has 0 aromatic carbocycles. The average molecular weight is 187 g/mol. The van der Waals surface area contributed by atoms with Gasteiger partial charge in [-0.15, -0.1) is 0 Å². The third kappa shape index (κ3) is 5.21. The van der Waals surface area contributed by atoms with Crippen LogP contribution in [0.1, 0.15) is 12.8 Å². The van der Waals surface area contributed by atoms with Crippen LogP contribution in [0.2, 0.25) is 0 Å². The summed E-state index contributed by atoms with van der Waals surface area (Å²) in [6.07, 6.45) is 2.88. The van der Waals surface area contributed by atoms with Crippen LogP contribution in [0.5, 0.6) is 0 Å². The molecule has 4 nitrogen and oxygen atoms in total. The van der Waals surface area contributed by atoms with E-state index in [0.717, 1.165) is 32.8 Å². The van der Waals surface area contributed by atoms with Crippen LogP contribution in [0.4, 0.5) is 0 Å². The Bertz CT molecular complexity index is 115. The van der Waals surface area contributed by atoms with Gasteiger partial charge in [-0.2, -0.15) is 0 Å². The molecule has 0 bridgehead atoms. The van der Waals surface area contributed by atoms with Gasteiger partial charge in [0, 0.05) is 39.3 Å². The van der Waals surface area contributed by atoms with Crippen molar-refractivity contribution in [2.24, 2.45) is 5.73 Å². The maximum atomic E-state index is 5.48. The Morgan fingerprint density at radius 2 is 2.08 bits per heavy atom. The Morgan fingerprint density at radius 1 is 1.23 bits per heavy atom. The van der Waals surface area contributed by atoms with Crippen molar-refractivity contribution >= 4 is 0 Å². The van der Waals surface area contributed by atoms with Gasteiger partial charge in [-0.25, -0.2) is 0 Å². The van der Waals surface area contributed by atoms with Crippen LogP contribution in [-0.4, -0.2) is 45.4 Å². The standard InChI is InChI=1S/C9H21N3O/c10-3-4-11-5-6-12-8-9-2-1-7-13-9/h9,11-12H,1-8,10H2. The Labute approximate surface area is 80.2 Å². The van der Waals surface area contributed by atoms with Crippen LogP contribution in [0.3, 0.4) is 0 Å². The Balaban J connectivity index is 1.78. The van der Waals surface area contributed by atoms with E-state index in [2.05, 4.69) is 10.6 Å². The van der Waals surface area contributed by atoms with Gasteiger partial charge in [0.1, 0.15) is 0 Å². The molecule has 1 saturated heterocycles. The first kappa shape index (κ1) is 10.9. The third-order valence-electron chi connectivity index (χ3n) is 2.20. The van der Waals surface area contributed by atoms with Crippen LogP contribution in [0.25, 0.3) is 0 Å². The van der Waals surface area contributed by atoms with E-state index >= 15 is 0 Å². The number of ether oxygens (including phenoxy) is 1. The maximum absolute atomic E-state index is 5.48. The van der Waals surface area contributed by atoms with Gasteiger partial charge in [-0.05, 0) is 12.8 Å². The van der Waals surface area contributed by atoms with Gasteiger partial charge < -0.3 is 21.1 Å². The molecule has 1 aliphatic heterocycles. The minimum absolute atomic E-state index is 0.453. The lowest BCUT2D eigenvalue weighted by Crippen LogP contribution is -2.34. The highest BCUT2D eigenvalue weighted by Crippen LogP contribution is 2.10. The molecule has 0 aromatic heterocycles. The molecule has 4 N–H and O–H groups in total. The van der Waals surface area contributed by atoms with E-state index in [4.69, 9.17) is 10.5 Å². The van der Waals surface area contributed by atoms with E-state index in [1.54, 1.807) is 0 Å². The molecule has 1 rings (SSSR count). The van der Waals surface area contributed by atoms with Crippen LogP contribution in [-0.2, 0) is 4.74 Å². The molecule has 0 aliphatic carbocycles. The first-order valence-corrected chi connectivity index (χ1v) is 5.16. The summed E-state index contributed by atoms with van der Waals surface area (Å²) in [4.78, 5) is 0. The summed E-state index contributed by atoms with van der Waals surface area (Å²) in [5, 5.41) is 6.59. The predicted molar refractivity (Wildman–Crippen MR) is 53.8 cm³/mol. The molecule has 1 atom stereocenters. The molecule has 1 fully saturated rings. The first-order valence-electron chi connectivity index (χ1n) is 5.16. The summed E-state index contributed by atoms with van der Waals surface area (Å²) in [6, 6.07) is 0. The molecule has 78 valence electrons. The van der Waals surface area contributed by atoms with E-state index in [0.29, 0.717) is 12.6 Å². The van der Waals surface area contributed by atoms with E-state index in [1.165, 1.54) is 12.8 Å². The largest absolute Gasteiger partial charge is 0.377 e. The van der Waals surface area contributed by atoms with Gasteiger partial charge in [0.25, 0.3) is 0 Å². The minimum atomic E-state index is 0.453. The summed E-state index contributed by atoms with van der Waals surface area (Å²) in [5.41, 5.74) is 5.34. The van der Waals surface area contributed by atoms with Crippen molar-refractivity contribution in [2.75, 3.05) is 39.3 Å². The lowest BCUT2D eigenvalue weighted by atomic mass is 10.2. The van der Waals surface area contributed by atoms with Gasteiger partial charge in [-0.1, -0.05) is 0 Å². The molecule has 0 aromatic rings. The van der Waals surface area contributed by atoms with Gasteiger partial charge in [-0.3, -0.25) is 0 Å². The number of nitrogens with two attached hydrogens (primary N) is 1. The molecular formula is C9H21N3O. The van der Waals surface area contributed by atoms with Crippen LogP contribution < -0.4 is 16.4 Å². The molecule has 1 heterocycles. The number of hydrogen-bond donors (Lipinski definition) is 3. The molecule has 0 spiro atoms. The summed E-state index contributed by atoms with van der Waals surface area (Å²) in [6.45, 7) is 5.54. The van der Waals surface area contributed by atoms with Gasteiger partial charge >= 0.3 is 0 Å². The van der Waals surface area contributed by atoms with Crippen LogP contribution in [0.15, 0.2) is 0 Å². The quantitative estimate of drug-likeness (QED) is 0.461. The SMILES string of the molecule is NCCNCCNCC1CCCO1. The maximum Gasteiger partial charge on any atom is 0.0700 e. The van der Waals surface area contributed by atoms with Crippen molar-refractivity contribution in [3.63, 3.8) is 0 Å². The van der Waals surface area contributed by atoms with Crippen LogP contribution >= 0.6 is 0 Å². The lowest BCUT2D eigenvalue weighted by molar-refractivity contribution is 0.110. The number of nitrogens with one attached hydrogen (secondary N) is 2. The fourth-order valence-electron chi connectivity index (χ4n) is 1.47. The Morgan fingerprint density at radius 3 is 2.77 bits per heavy atom. The zero-order valence-electron chi connectivity index (χ0n) is 8.22. The van der Waals surface area contributed by atoms with E-state index < -0.39 is 0 Å². The summed E-state index contributed by atoms with van der Waals surface area (Å²) in [5.74, 6) is 0. The van der Waals surface area contributed by atoms with Gasteiger partial charge in [0.2, 0.25) is 0 Å². The van der Waals surface area contributed by atoms with Crippen molar-refractivity contribution in [1.82, 2.24) is 10.6 Å². The fraction of sp³-hybridized carbons (Fsp3) is 1.00. The van der Waals surface area contributed by atoms with E-state index in [1.807, 2.05) is 0 Å². The normalized spacial score (nSPS) is 22.4. The molecule has 0 amide bonds. The molecular weight excluding hydrogens is 166 g/mol. The van der Waals surface area contributed by atoms with Crippen molar-refractivity contribution in [1.29, 1.82) is 0 Å². The monoisotopic (exact) mass is 187 g/mol. The molecule has 0 radical (unpaired) electrons. The Hall–Kier alpha value is -0.160. The topological polar surface area (TPSA) is 59.3 Å². The van der Waals surface area contributed by atoms with Gasteiger partial charge in [0.15, 0.2) is 0 Å². The zero-order chi connectivity index (χ0) is 9.36. The summed E-state index contributed by atoms with van der Waals surface area (Å²) in [7, 11) is 0. The second-order valence-electron chi connectivity index (χ2n) is 3.38. The van der Waals surface area contributed by atoms with E-state index in [9.17, 15) is 0 Å². The highest BCUT2D eigenvalue weighted by atomic mass is 16.5. The summed E-state index contributed by atoms with van der Waals surface area (Å²) < 4.78 is 5.48. The number of rotatable bonds is 7.